The molecule has 3 unspecified atom stereocenters. The standard InChI is InChI=1S/C16H18ClNO3/c1-12(18(19)20)15(21-2)16(17)10-8-14(9-11-16)13-6-4-3-5-7-13/h3-10,12,15H,11H2,1-2H3. The van der Waals surface area contributed by atoms with Gasteiger partial charge in [-0.25, -0.2) is 0 Å². The quantitative estimate of drug-likeness (QED) is 0.473. The minimum absolute atomic E-state index is 0.359. The molecular weight excluding hydrogens is 290 g/mol. The van der Waals surface area contributed by atoms with Crippen molar-refractivity contribution in [2.75, 3.05) is 7.11 Å². The van der Waals surface area contributed by atoms with Crippen molar-refractivity contribution in [1.29, 1.82) is 0 Å². The molecule has 3 atom stereocenters. The summed E-state index contributed by atoms with van der Waals surface area (Å²) in [6, 6.07) is 9.07. The van der Waals surface area contributed by atoms with Gasteiger partial charge in [0.25, 0.3) is 0 Å². The highest BCUT2D eigenvalue weighted by Crippen LogP contribution is 2.37. The zero-order chi connectivity index (χ0) is 15.5. The minimum Gasteiger partial charge on any atom is -0.372 e. The van der Waals surface area contributed by atoms with E-state index in [2.05, 4.69) is 0 Å². The van der Waals surface area contributed by atoms with Crippen LogP contribution in [-0.2, 0) is 4.74 Å². The maximum atomic E-state index is 11.0. The van der Waals surface area contributed by atoms with Crippen LogP contribution in [0.4, 0.5) is 0 Å². The molecule has 2 rings (SSSR count). The SMILES string of the molecule is COC(C(C)[N+](=O)[O-])C1(Cl)C=CC(c2ccccc2)=CC1. The van der Waals surface area contributed by atoms with Gasteiger partial charge in [-0.3, -0.25) is 10.1 Å². The topological polar surface area (TPSA) is 52.4 Å². The Bertz CT molecular complexity index is 570. The molecular formula is C16H18ClNO3. The van der Waals surface area contributed by atoms with Gasteiger partial charge in [-0.05, 0) is 17.6 Å². The van der Waals surface area contributed by atoms with Gasteiger partial charge in [-0.2, -0.15) is 0 Å². The first-order valence-corrected chi connectivity index (χ1v) is 7.16. The van der Waals surface area contributed by atoms with Crippen molar-refractivity contribution in [3.8, 4) is 0 Å². The highest BCUT2D eigenvalue weighted by Gasteiger charge is 2.44. The summed E-state index contributed by atoms with van der Waals surface area (Å²) in [5.74, 6) is 0. The number of halogens is 1. The molecule has 0 N–H and O–H groups in total. The molecule has 1 aromatic rings. The van der Waals surface area contributed by atoms with Crippen molar-refractivity contribution in [2.24, 2.45) is 0 Å². The van der Waals surface area contributed by atoms with Crippen LogP contribution in [0.25, 0.3) is 5.57 Å². The van der Waals surface area contributed by atoms with Crippen LogP contribution in [0.15, 0.2) is 48.6 Å². The minimum atomic E-state index is -0.889. The number of ether oxygens (including phenoxy) is 1. The van der Waals surface area contributed by atoms with E-state index in [4.69, 9.17) is 16.3 Å². The van der Waals surface area contributed by atoms with Crippen molar-refractivity contribution in [3.63, 3.8) is 0 Å². The van der Waals surface area contributed by atoms with Crippen molar-refractivity contribution in [2.45, 2.75) is 30.4 Å². The third-order valence-electron chi connectivity index (χ3n) is 3.78. The Balaban J connectivity index is 2.20. The fourth-order valence-corrected chi connectivity index (χ4v) is 3.00. The van der Waals surface area contributed by atoms with E-state index in [-0.39, 0.29) is 4.92 Å². The zero-order valence-electron chi connectivity index (χ0n) is 12.0. The largest absolute Gasteiger partial charge is 0.372 e. The predicted octanol–water partition coefficient (Wildman–Crippen LogP) is 3.69. The van der Waals surface area contributed by atoms with Crippen LogP contribution in [0.1, 0.15) is 18.9 Å². The Labute approximate surface area is 129 Å². The molecule has 112 valence electrons. The lowest BCUT2D eigenvalue weighted by molar-refractivity contribution is -0.531. The average molecular weight is 308 g/mol. The molecule has 0 spiro atoms. The summed E-state index contributed by atoms with van der Waals surface area (Å²) in [5, 5.41) is 11.0. The maximum Gasteiger partial charge on any atom is 0.238 e. The smallest absolute Gasteiger partial charge is 0.238 e. The lowest BCUT2D eigenvalue weighted by Crippen LogP contribution is -2.47. The maximum absolute atomic E-state index is 11.0. The molecule has 5 heteroatoms. The number of nitrogens with zero attached hydrogens (tertiary/aromatic N) is 1. The van der Waals surface area contributed by atoms with Crippen LogP contribution in [0.2, 0.25) is 0 Å². The van der Waals surface area contributed by atoms with E-state index in [0.717, 1.165) is 11.1 Å². The Hall–Kier alpha value is -1.65. The molecule has 0 saturated carbocycles. The first-order chi connectivity index (χ1) is 9.98. The van der Waals surface area contributed by atoms with Gasteiger partial charge in [0.1, 0.15) is 6.10 Å². The Morgan fingerprint density at radius 2 is 2.05 bits per heavy atom. The molecule has 0 aliphatic heterocycles. The summed E-state index contributed by atoms with van der Waals surface area (Å²) < 4.78 is 5.30. The van der Waals surface area contributed by atoms with Crippen molar-refractivity contribution in [3.05, 3.63) is 64.2 Å². The molecule has 0 saturated heterocycles. The van der Waals surface area contributed by atoms with Crippen molar-refractivity contribution < 1.29 is 9.66 Å². The van der Waals surface area contributed by atoms with Crippen LogP contribution in [0.5, 0.6) is 0 Å². The van der Waals surface area contributed by atoms with E-state index < -0.39 is 17.0 Å². The Kier molecular flexibility index (Phi) is 4.80. The summed E-state index contributed by atoms with van der Waals surface area (Å²) in [4.78, 5) is 9.75. The summed E-state index contributed by atoms with van der Waals surface area (Å²) in [5.41, 5.74) is 2.17. The first kappa shape index (κ1) is 15.7. The predicted molar refractivity (Wildman–Crippen MR) is 84.0 cm³/mol. The van der Waals surface area contributed by atoms with Gasteiger partial charge in [-0.1, -0.05) is 48.6 Å². The number of alkyl halides is 1. The molecule has 4 nitrogen and oxygen atoms in total. The van der Waals surface area contributed by atoms with E-state index in [1.807, 2.05) is 48.6 Å². The molecule has 0 amide bonds. The van der Waals surface area contributed by atoms with Crippen LogP contribution in [-0.4, -0.2) is 29.1 Å². The summed E-state index contributed by atoms with van der Waals surface area (Å²) >= 11 is 6.57. The van der Waals surface area contributed by atoms with Crippen molar-refractivity contribution in [1.82, 2.24) is 0 Å². The number of allylic oxidation sites excluding steroid dienone is 3. The van der Waals surface area contributed by atoms with Gasteiger partial charge in [0.15, 0.2) is 0 Å². The van der Waals surface area contributed by atoms with E-state index in [9.17, 15) is 10.1 Å². The fraction of sp³-hybridized carbons (Fsp3) is 0.375. The van der Waals surface area contributed by atoms with E-state index >= 15 is 0 Å². The van der Waals surface area contributed by atoms with Crippen molar-refractivity contribution >= 4 is 17.2 Å². The number of hydrogen-bond acceptors (Lipinski definition) is 3. The fourth-order valence-electron chi connectivity index (χ4n) is 2.59. The van der Waals surface area contributed by atoms with Crippen LogP contribution in [0.3, 0.4) is 0 Å². The number of benzene rings is 1. The summed E-state index contributed by atoms with van der Waals surface area (Å²) in [6.07, 6.45) is 5.53. The van der Waals surface area contributed by atoms with Gasteiger partial charge in [0.05, 0.1) is 4.87 Å². The van der Waals surface area contributed by atoms with Gasteiger partial charge in [0.2, 0.25) is 6.04 Å². The van der Waals surface area contributed by atoms with Gasteiger partial charge < -0.3 is 4.74 Å². The van der Waals surface area contributed by atoms with Gasteiger partial charge in [-0.15, -0.1) is 11.6 Å². The molecule has 0 heterocycles. The molecule has 1 aliphatic carbocycles. The third kappa shape index (κ3) is 3.34. The normalized spacial score (nSPS) is 24.2. The van der Waals surface area contributed by atoms with Crippen LogP contribution in [0, 0.1) is 10.1 Å². The lowest BCUT2D eigenvalue weighted by atomic mass is 9.86. The summed E-state index contributed by atoms with van der Waals surface area (Å²) in [7, 11) is 1.46. The molecule has 21 heavy (non-hydrogen) atoms. The van der Waals surface area contributed by atoms with Gasteiger partial charge in [0, 0.05) is 19.0 Å². The van der Waals surface area contributed by atoms with Crippen LogP contribution < -0.4 is 0 Å². The molecule has 0 fully saturated rings. The zero-order valence-corrected chi connectivity index (χ0v) is 12.8. The summed E-state index contributed by atoms with van der Waals surface area (Å²) in [6.45, 7) is 1.52. The second kappa shape index (κ2) is 6.41. The first-order valence-electron chi connectivity index (χ1n) is 6.78. The molecule has 1 aromatic carbocycles. The number of nitro groups is 1. The monoisotopic (exact) mass is 307 g/mol. The Morgan fingerprint density at radius 1 is 1.38 bits per heavy atom. The molecule has 0 radical (unpaired) electrons. The molecule has 0 aromatic heterocycles. The number of rotatable bonds is 5. The second-order valence-electron chi connectivity index (χ2n) is 5.17. The average Bonchev–Trinajstić information content (AvgIpc) is 2.49. The molecule has 0 bridgehead atoms. The second-order valence-corrected chi connectivity index (χ2v) is 5.88. The molecule has 1 aliphatic rings. The van der Waals surface area contributed by atoms with E-state index in [0.29, 0.717) is 6.42 Å². The van der Waals surface area contributed by atoms with E-state index in [1.165, 1.54) is 14.0 Å². The highest BCUT2D eigenvalue weighted by molar-refractivity contribution is 6.26. The van der Waals surface area contributed by atoms with Crippen LogP contribution >= 0.6 is 11.6 Å². The lowest BCUT2D eigenvalue weighted by Gasteiger charge is -2.33. The number of hydrogen-bond donors (Lipinski definition) is 0. The number of methoxy groups -OCH3 is 1. The Morgan fingerprint density at radius 3 is 2.52 bits per heavy atom. The van der Waals surface area contributed by atoms with Gasteiger partial charge >= 0.3 is 0 Å². The third-order valence-corrected chi connectivity index (χ3v) is 4.27. The van der Waals surface area contributed by atoms with E-state index in [1.54, 1.807) is 0 Å². The highest BCUT2D eigenvalue weighted by atomic mass is 35.5.